The molecule has 1 aliphatic rings. The number of hydrogen-bond acceptors (Lipinski definition) is 5. The highest BCUT2D eigenvalue weighted by atomic mass is 35.5. The second-order valence-electron chi connectivity index (χ2n) is 8.47. The molecule has 0 unspecified atom stereocenters. The summed E-state index contributed by atoms with van der Waals surface area (Å²) in [6.07, 6.45) is -0.995. The molecule has 2 heterocycles. The van der Waals surface area contributed by atoms with E-state index in [1.165, 1.54) is 6.07 Å². The van der Waals surface area contributed by atoms with Gasteiger partial charge in [0.1, 0.15) is 5.70 Å². The number of hydrogen-bond donors (Lipinski definition) is 4. The van der Waals surface area contributed by atoms with E-state index in [0.717, 1.165) is 34.3 Å². The maximum atomic E-state index is 13.5. The van der Waals surface area contributed by atoms with Gasteiger partial charge in [0.2, 0.25) is 0 Å². The van der Waals surface area contributed by atoms with Crippen molar-refractivity contribution in [2.75, 3.05) is 17.4 Å². The molecule has 1 aromatic heterocycles. The lowest BCUT2D eigenvalue weighted by atomic mass is 10.1. The minimum absolute atomic E-state index is 0.00716. The Labute approximate surface area is 211 Å². The predicted molar refractivity (Wildman–Crippen MR) is 132 cm³/mol. The summed E-state index contributed by atoms with van der Waals surface area (Å²) in [4.78, 5) is 13.0. The van der Waals surface area contributed by atoms with Crippen molar-refractivity contribution in [1.82, 2.24) is 20.5 Å². The molecule has 0 radical (unpaired) electrons. The van der Waals surface area contributed by atoms with Gasteiger partial charge in [-0.05, 0) is 56.3 Å². The topological polar surface area (TPSA) is 90.8 Å². The Kier molecular flexibility index (Phi) is 6.98. The fourth-order valence-electron chi connectivity index (χ4n) is 3.92. The van der Waals surface area contributed by atoms with Gasteiger partial charge in [-0.15, -0.1) is 5.53 Å². The van der Waals surface area contributed by atoms with Gasteiger partial charge in [0, 0.05) is 36.1 Å². The van der Waals surface area contributed by atoms with Crippen molar-refractivity contribution in [3.8, 4) is 0 Å². The number of amides is 1. The Hall–Kier alpha value is -3.54. The van der Waals surface area contributed by atoms with Gasteiger partial charge in [-0.1, -0.05) is 17.7 Å². The first-order valence-corrected chi connectivity index (χ1v) is 11.4. The molecule has 0 fully saturated rings. The average Bonchev–Trinajstić information content (AvgIpc) is 3.42. The molecule has 0 atom stereocenters. The van der Waals surface area contributed by atoms with Crippen molar-refractivity contribution in [2.24, 2.45) is 7.05 Å². The molecule has 36 heavy (non-hydrogen) atoms. The maximum Gasteiger partial charge on any atom is 0.417 e. The van der Waals surface area contributed by atoms with Crippen LogP contribution in [0.2, 0.25) is 5.02 Å². The molecule has 8 nitrogen and oxygen atoms in total. The number of aryl methyl sites for hydroxylation is 2. The number of rotatable bonds is 6. The minimum Gasteiger partial charge on any atom is -0.322 e. The van der Waals surface area contributed by atoms with Crippen LogP contribution in [0.25, 0.3) is 5.70 Å². The van der Waals surface area contributed by atoms with Crippen LogP contribution < -0.4 is 26.6 Å². The summed E-state index contributed by atoms with van der Waals surface area (Å²) < 4.78 is 42.3. The van der Waals surface area contributed by atoms with Gasteiger partial charge >= 0.3 is 6.18 Å². The van der Waals surface area contributed by atoms with Crippen molar-refractivity contribution < 1.29 is 23.5 Å². The van der Waals surface area contributed by atoms with Gasteiger partial charge in [-0.25, -0.2) is 5.43 Å². The normalized spacial score (nSPS) is 13.6. The first-order valence-electron chi connectivity index (χ1n) is 11.0. The second-order valence-corrected chi connectivity index (χ2v) is 8.85. The third kappa shape index (κ3) is 5.03. The summed E-state index contributed by atoms with van der Waals surface area (Å²) in [5, 5.41) is 11.1. The number of nitrogens with two attached hydrogens (primary N) is 1. The molecule has 0 spiro atoms. The van der Waals surface area contributed by atoms with Crippen molar-refractivity contribution in [3.63, 3.8) is 0 Å². The van der Waals surface area contributed by atoms with Crippen LogP contribution >= 0.6 is 11.6 Å². The highest BCUT2D eigenvalue weighted by molar-refractivity contribution is 6.32. The van der Waals surface area contributed by atoms with Crippen LogP contribution in [0.5, 0.6) is 0 Å². The smallest absolute Gasteiger partial charge is 0.322 e. The first-order chi connectivity index (χ1) is 17.0. The number of carbonyl (C=O) groups is 1. The standard InChI is InChI=1S/C24H25ClF3N7O/c1-13-5-6-15(8-21(13)35-12-20(32-33-35)18-11-30-34(4)14(18)2)23(36)31-17-7-16(10-29-3)22(25)19(9-17)24(26,27)28/h5-9,11-12,29,32-33H,10H2,1-4H3,(H,31,36)/p+1. The van der Waals surface area contributed by atoms with Gasteiger partial charge in [0.15, 0.2) is 0 Å². The Morgan fingerprint density at radius 1 is 1.22 bits per heavy atom. The van der Waals surface area contributed by atoms with Crippen LogP contribution in [0.4, 0.5) is 24.5 Å². The van der Waals surface area contributed by atoms with E-state index in [1.807, 2.05) is 32.1 Å². The third-order valence-corrected chi connectivity index (χ3v) is 6.43. The first kappa shape index (κ1) is 25.5. The van der Waals surface area contributed by atoms with Crippen LogP contribution in [0.1, 0.15) is 38.3 Å². The van der Waals surface area contributed by atoms with E-state index >= 15 is 0 Å². The number of aromatic nitrogens is 2. The van der Waals surface area contributed by atoms with Crippen molar-refractivity contribution in [1.29, 1.82) is 0 Å². The molecule has 5 N–H and O–H groups in total. The molecular weight excluding hydrogens is 495 g/mol. The fourth-order valence-corrected chi connectivity index (χ4v) is 4.20. The molecule has 4 rings (SSSR count). The molecule has 1 aliphatic heterocycles. The van der Waals surface area contributed by atoms with Crippen LogP contribution in [0.15, 0.2) is 42.7 Å². The molecule has 1 amide bonds. The van der Waals surface area contributed by atoms with E-state index in [4.69, 9.17) is 11.6 Å². The van der Waals surface area contributed by atoms with E-state index < -0.39 is 22.7 Å². The summed E-state index contributed by atoms with van der Waals surface area (Å²) in [7, 11) is 3.46. The Morgan fingerprint density at radius 3 is 2.61 bits per heavy atom. The summed E-state index contributed by atoms with van der Waals surface area (Å²) in [5.41, 5.74) is 8.97. The van der Waals surface area contributed by atoms with Gasteiger partial charge in [0.25, 0.3) is 5.91 Å². The van der Waals surface area contributed by atoms with Crippen molar-refractivity contribution in [3.05, 3.63) is 81.3 Å². The number of quaternary nitrogens is 1. The van der Waals surface area contributed by atoms with Crippen LogP contribution in [0.3, 0.4) is 0 Å². The summed E-state index contributed by atoms with van der Waals surface area (Å²) >= 11 is 5.98. The van der Waals surface area contributed by atoms with E-state index in [0.29, 0.717) is 5.56 Å². The van der Waals surface area contributed by atoms with Gasteiger partial charge in [-0.2, -0.15) is 23.3 Å². The highest BCUT2D eigenvalue weighted by Crippen LogP contribution is 2.38. The molecule has 0 saturated carbocycles. The molecule has 3 aromatic rings. The lowest BCUT2D eigenvalue weighted by molar-refractivity contribution is -0.696. The third-order valence-electron chi connectivity index (χ3n) is 5.98. The van der Waals surface area contributed by atoms with E-state index in [1.54, 1.807) is 41.7 Å². The number of halogens is 4. The molecule has 0 bridgehead atoms. The molecule has 190 valence electrons. The number of nitrogens with zero attached hydrogens (tertiary/aromatic N) is 3. The zero-order valence-corrected chi connectivity index (χ0v) is 20.8. The Balaban J connectivity index is 1.61. The van der Waals surface area contributed by atoms with Gasteiger partial charge in [0.05, 0.1) is 28.7 Å². The molecule has 2 aromatic carbocycles. The summed E-state index contributed by atoms with van der Waals surface area (Å²) in [6, 6.07) is 7.38. The predicted octanol–water partition coefficient (Wildman–Crippen LogP) is 3.48. The highest BCUT2D eigenvalue weighted by Gasteiger charge is 2.35. The monoisotopic (exact) mass is 520 g/mol. The second kappa shape index (κ2) is 9.84. The van der Waals surface area contributed by atoms with Crippen molar-refractivity contribution >= 4 is 34.6 Å². The van der Waals surface area contributed by atoms with E-state index in [2.05, 4.69) is 21.2 Å². The summed E-state index contributed by atoms with van der Waals surface area (Å²) in [6.45, 7) is 3.99. The lowest BCUT2D eigenvalue weighted by Gasteiger charge is -2.17. The van der Waals surface area contributed by atoms with E-state index in [-0.39, 0.29) is 17.8 Å². The van der Waals surface area contributed by atoms with E-state index in [9.17, 15) is 18.0 Å². The zero-order chi connectivity index (χ0) is 26.2. The number of carbonyl (C=O) groups excluding carboxylic acids is 1. The largest absolute Gasteiger partial charge is 0.417 e. The van der Waals surface area contributed by atoms with Crippen LogP contribution in [-0.2, 0) is 19.8 Å². The molecule has 0 aliphatic carbocycles. The van der Waals surface area contributed by atoms with Crippen molar-refractivity contribution in [2.45, 2.75) is 26.6 Å². The Morgan fingerprint density at radius 2 is 1.97 bits per heavy atom. The lowest BCUT2D eigenvalue weighted by Crippen LogP contribution is -2.97. The van der Waals surface area contributed by atoms with Crippen LogP contribution in [-0.4, -0.2) is 22.7 Å². The number of benzene rings is 2. The molecule has 12 heteroatoms. The fraction of sp³-hybridized carbons (Fsp3) is 0.250. The van der Waals surface area contributed by atoms with Crippen LogP contribution in [0, 0.1) is 13.8 Å². The average molecular weight is 521 g/mol. The molecule has 0 saturated heterocycles. The quantitative estimate of drug-likeness (QED) is 0.374. The van der Waals surface area contributed by atoms with Gasteiger partial charge in [-0.3, -0.25) is 9.48 Å². The molecular formula is C24H26ClF3N7O+. The maximum absolute atomic E-state index is 13.5. The SMILES string of the molecule is CNCc1cc(NC(=O)c2ccc(C)c(N3C=C(c4cnn(C)c4C)N[NH2+]3)c2)cc(C(F)(F)F)c1Cl. The number of nitrogens with one attached hydrogen (secondary N) is 3. The Bertz CT molecular complexity index is 1350. The number of alkyl halides is 3. The number of anilines is 2. The zero-order valence-electron chi connectivity index (χ0n) is 20.1. The van der Waals surface area contributed by atoms with Gasteiger partial charge < -0.3 is 10.6 Å². The minimum atomic E-state index is -4.66. The summed E-state index contributed by atoms with van der Waals surface area (Å²) in [5.74, 6) is -0.540.